The second-order valence-electron chi connectivity index (χ2n) is 6.72. The second-order valence-corrected chi connectivity index (χ2v) is 11.1. The molecule has 0 fully saturated rings. The Labute approximate surface area is 174 Å². The van der Waals surface area contributed by atoms with Crippen molar-refractivity contribution in [3.05, 3.63) is 125 Å². The molecule has 0 atom stereocenters. The molecule has 0 saturated carbocycles. The Morgan fingerprint density at radius 2 is 1.04 bits per heavy atom. The van der Waals surface area contributed by atoms with Crippen LogP contribution in [0.15, 0.2) is 114 Å². The summed E-state index contributed by atoms with van der Waals surface area (Å²) in [5.74, 6) is -0.230. The quantitative estimate of drug-likeness (QED) is 0.323. The summed E-state index contributed by atoms with van der Waals surface area (Å²) in [4.78, 5) is 0. The van der Waals surface area contributed by atoms with E-state index >= 15 is 0 Å². The Balaban J connectivity index is 1.99. The van der Waals surface area contributed by atoms with E-state index in [1.807, 2.05) is 12.1 Å². The van der Waals surface area contributed by atoms with E-state index in [1.54, 1.807) is 6.07 Å². The highest BCUT2D eigenvalue weighted by Crippen LogP contribution is 2.58. The van der Waals surface area contributed by atoms with Gasteiger partial charge in [-0.3, -0.25) is 0 Å². The second kappa shape index (κ2) is 8.39. The average molecular weight is 450 g/mol. The minimum absolute atomic E-state index is 0.230. The zero-order valence-electron chi connectivity index (χ0n) is 15.3. The lowest BCUT2D eigenvalue weighted by molar-refractivity contribution is 0.620. The summed E-state index contributed by atoms with van der Waals surface area (Å²) in [6.07, 6.45) is 0.837. The summed E-state index contributed by atoms with van der Waals surface area (Å²) in [6.45, 7) is 0. The molecule has 28 heavy (non-hydrogen) atoms. The van der Waals surface area contributed by atoms with Crippen LogP contribution in [0.1, 0.15) is 5.56 Å². The van der Waals surface area contributed by atoms with E-state index in [4.69, 9.17) is 0 Å². The van der Waals surface area contributed by atoms with Crippen LogP contribution in [0.4, 0.5) is 4.39 Å². The Kier molecular flexibility index (Phi) is 5.71. The maximum Gasteiger partial charge on any atom is 0.137 e. The van der Waals surface area contributed by atoms with Gasteiger partial charge in [0, 0.05) is 0 Å². The Hall–Kier alpha value is -2.28. The minimum atomic E-state index is -1.95. The van der Waals surface area contributed by atoms with Gasteiger partial charge in [0.25, 0.3) is 0 Å². The molecule has 3 heteroatoms. The van der Waals surface area contributed by atoms with Crippen molar-refractivity contribution in [3.8, 4) is 0 Å². The first-order valence-electron chi connectivity index (χ1n) is 9.19. The van der Waals surface area contributed by atoms with Crippen LogP contribution in [0, 0.1) is 5.82 Å². The van der Waals surface area contributed by atoms with Crippen LogP contribution in [0.5, 0.6) is 0 Å². The molecule has 0 heterocycles. The highest BCUT2D eigenvalue weighted by atomic mass is 79.9. The summed E-state index contributed by atoms with van der Waals surface area (Å²) in [7, 11) is -1.95. The van der Waals surface area contributed by atoms with Crippen molar-refractivity contribution in [1.29, 1.82) is 0 Å². The van der Waals surface area contributed by atoms with E-state index in [1.165, 1.54) is 15.9 Å². The third-order valence-electron chi connectivity index (χ3n) is 4.99. The molecule has 0 spiro atoms. The van der Waals surface area contributed by atoms with Crippen LogP contribution in [0.3, 0.4) is 0 Å². The van der Waals surface area contributed by atoms with Crippen molar-refractivity contribution < 1.29 is 4.39 Å². The largest absolute Gasteiger partial charge is 0.206 e. The van der Waals surface area contributed by atoms with Crippen molar-refractivity contribution in [2.45, 2.75) is 6.16 Å². The zero-order valence-corrected chi connectivity index (χ0v) is 17.8. The minimum Gasteiger partial charge on any atom is -0.206 e. The molecule has 4 aromatic carbocycles. The SMILES string of the molecule is Fc1ccc(C[P+](c2ccccc2)(c2ccccc2)c2ccccc2)cc1Br. The van der Waals surface area contributed by atoms with Crippen molar-refractivity contribution in [2.24, 2.45) is 0 Å². The van der Waals surface area contributed by atoms with Gasteiger partial charge in [0.15, 0.2) is 0 Å². The van der Waals surface area contributed by atoms with Crippen molar-refractivity contribution in [3.63, 3.8) is 0 Å². The number of rotatable bonds is 5. The maximum atomic E-state index is 13.9. The summed E-state index contributed by atoms with van der Waals surface area (Å²) in [6, 6.07) is 37.6. The summed E-state index contributed by atoms with van der Waals surface area (Å²) < 4.78 is 14.4. The van der Waals surface area contributed by atoms with Gasteiger partial charge in [-0.05, 0) is 70.0 Å². The molecule has 0 aliphatic heterocycles. The molecule has 0 aromatic heterocycles. The summed E-state index contributed by atoms with van der Waals surface area (Å²) in [5, 5.41) is 3.98. The van der Waals surface area contributed by atoms with Gasteiger partial charge in [-0.1, -0.05) is 60.7 Å². The maximum absolute atomic E-state index is 13.9. The van der Waals surface area contributed by atoms with Crippen LogP contribution in [0.2, 0.25) is 0 Å². The van der Waals surface area contributed by atoms with Gasteiger partial charge in [0.2, 0.25) is 0 Å². The fourth-order valence-corrected chi connectivity index (χ4v) is 8.34. The third-order valence-corrected chi connectivity index (χ3v) is 9.98. The van der Waals surface area contributed by atoms with Crippen LogP contribution in [-0.2, 0) is 6.16 Å². The van der Waals surface area contributed by atoms with E-state index in [9.17, 15) is 4.39 Å². The van der Waals surface area contributed by atoms with Gasteiger partial charge in [-0.25, -0.2) is 4.39 Å². The molecule has 0 aliphatic carbocycles. The standard InChI is InChI=1S/C25H20BrFP/c26-24-18-20(16-17-25(24)27)19-28(21-10-4-1-5-11-21,22-12-6-2-7-13-22)23-14-8-3-9-15-23/h1-18H,19H2/q+1. The van der Waals surface area contributed by atoms with E-state index in [0.717, 1.165) is 11.7 Å². The zero-order chi connectivity index (χ0) is 19.4. The monoisotopic (exact) mass is 449 g/mol. The molecule has 0 unspecified atom stereocenters. The first-order valence-corrected chi connectivity index (χ1v) is 12.0. The number of hydrogen-bond acceptors (Lipinski definition) is 0. The van der Waals surface area contributed by atoms with Gasteiger partial charge in [-0.2, -0.15) is 0 Å². The molecule has 0 N–H and O–H groups in total. The molecule has 4 aromatic rings. The molecule has 0 radical (unpaired) electrons. The van der Waals surface area contributed by atoms with Gasteiger partial charge in [0.05, 0.1) is 10.6 Å². The summed E-state index contributed by atoms with van der Waals surface area (Å²) >= 11 is 3.36. The van der Waals surface area contributed by atoms with E-state index in [-0.39, 0.29) is 5.82 Å². The highest BCUT2D eigenvalue weighted by Gasteiger charge is 2.45. The van der Waals surface area contributed by atoms with Crippen LogP contribution in [-0.4, -0.2) is 0 Å². The fourth-order valence-electron chi connectivity index (χ4n) is 3.68. The predicted octanol–water partition coefficient (Wildman–Crippen LogP) is 6.08. The van der Waals surface area contributed by atoms with Gasteiger partial charge in [0.1, 0.15) is 29.0 Å². The van der Waals surface area contributed by atoms with Crippen molar-refractivity contribution in [1.82, 2.24) is 0 Å². The lowest BCUT2D eigenvalue weighted by Gasteiger charge is -2.28. The van der Waals surface area contributed by atoms with Crippen LogP contribution in [0.25, 0.3) is 0 Å². The molecular formula is C25H20BrFP+. The van der Waals surface area contributed by atoms with Gasteiger partial charge in [-0.15, -0.1) is 0 Å². The van der Waals surface area contributed by atoms with E-state index in [2.05, 4.69) is 107 Å². The first-order chi connectivity index (χ1) is 13.7. The van der Waals surface area contributed by atoms with Crippen molar-refractivity contribution >= 4 is 39.1 Å². The molecule has 0 amide bonds. The Morgan fingerprint density at radius 1 is 0.607 bits per heavy atom. The lowest BCUT2D eigenvalue weighted by Crippen LogP contribution is -2.32. The lowest BCUT2D eigenvalue weighted by atomic mass is 10.2. The summed E-state index contributed by atoms with van der Waals surface area (Å²) in [5.41, 5.74) is 1.12. The van der Waals surface area contributed by atoms with E-state index < -0.39 is 7.26 Å². The van der Waals surface area contributed by atoms with Crippen LogP contribution >= 0.6 is 23.2 Å². The van der Waals surface area contributed by atoms with Gasteiger partial charge < -0.3 is 0 Å². The number of halogens is 2. The number of benzene rings is 4. The van der Waals surface area contributed by atoms with Crippen LogP contribution < -0.4 is 15.9 Å². The van der Waals surface area contributed by atoms with E-state index in [0.29, 0.717) is 4.47 Å². The predicted molar refractivity (Wildman–Crippen MR) is 123 cm³/mol. The third kappa shape index (κ3) is 3.68. The first kappa shape index (κ1) is 19.1. The molecule has 4 rings (SSSR count). The molecule has 0 nitrogen and oxygen atoms in total. The smallest absolute Gasteiger partial charge is 0.137 e. The molecule has 0 saturated heterocycles. The molecule has 0 bridgehead atoms. The molecule has 0 aliphatic rings. The fraction of sp³-hybridized carbons (Fsp3) is 0.0400. The topological polar surface area (TPSA) is 0 Å². The molecule has 138 valence electrons. The Bertz CT molecular complexity index is 953. The normalized spacial score (nSPS) is 11.4. The Morgan fingerprint density at radius 3 is 1.43 bits per heavy atom. The highest BCUT2D eigenvalue weighted by molar-refractivity contribution is 9.10. The molecular weight excluding hydrogens is 430 g/mol. The van der Waals surface area contributed by atoms with Crippen molar-refractivity contribution in [2.75, 3.05) is 0 Å². The number of hydrogen-bond donors (Lipinski definition) is 0. The average Bonchev–Trinajstić information content (AvgIpc) is 2.76. The van der Waals surface area contributed by atoms with Gasteiger partial charge >= 0.3 is 0 Å².